The van der Waals surface area contributed by atoms with Crippen LogP contribution in [0.5, 0.6) is 0 Å². The van der Waals surface area contributed by atoms with Gasteiger partial charge in [0.1, 0.15) is 17.6 Å². The van der Waals surface area contributed by atoms with Crippen LogP contribution in [0.1, 0.15) is 31.4 Å². The summed E-state index contributed by atoms with van der Waals surface area (Å²) in [6.07, 6.45) is 9.63. The number of nitrogens with zero attached hydrogens (tertiary/aromatic N) is 8. The molecule has 0 amide bonds. The van der Waals surface area contributed by atoms with Gasteiger partial charge in [-0.2, -0.15) is 10.4 Å². The molecule has 4 aliphatic rings. The molecule has 9 nitrogen and oxygen atoms in total. The Kier molecular flexibility index (Phi) is 4.08. The molecule has 33 heavy (non-hydrogen) atoms. The maximum absolute atomic E-state index is 9.97. The summed E-state index contributed by atoms with van der Waals surface area (Å²) in [5.74, 6) is 1.64. The lowest BCUT2D eigenvalue weighted by atomic mass is 9.58. The summed E-state index contributed by atoms with van der Waals surface area (Å²) < 4.78 is 7.54. The molecule has 7 rings (SSSR count). The van der Waals surface area contributed by atoms with E-state index in [-0.39, 0.29) is 0 Å². The fourth-order valence-corrected chi connectivity index (χ4v) is 6.02. The number of anilines is 1. The number of nitriles is 1. The first-order valence-corrected chi connectivity index (χ1v) is 11.8. The highest BCUT2D eigenvalue weighted by molar-refractivity contribution is 5.80. The van der Waals surface area contributed by atoms with E-state index in [9.17, 15) is 5.26 Å². The maximum Gasteiger partial charge on any atom is 0.159 e. The molecule has 0 radical (unpaired) electrons. The van der Waals surface area contributed by atoms with E-state index < -0.39 is 5.41 Å². The van der Waals surface area contributed by atoms with Crippen LogP contribution in [0.3, 0.4) is 0 Å². The number of piperazine rings is 1. The molecule has 3 aromatic rings. The Balaban J connectivity index is 1.21. The van der Waals surface area contributed by atoms with E-state index in [1.807, 2.05) is 29.2 Å². The van der Waals surface area contributed by atoms with E-state index >= 15 is 0 Å². The fraction of sp³-hybridized carbons (Fsp3) is 0.542. The average molecular weight is 443 g/mol. The quantitative estimate of drug-likeness (QED) is 0.608. The summed E-state index contributed by atoms with van der Waals surface area (Å²) >= 11 is 0. The zero-order chi connectivity index (χ0) is 22.0. The number of pyridine rings is 1. The third kappa shape index (κ3) is 3.05. The normalized spacial score (nSPS) is 25.4. The molecule has 1 spiro atoms. The van der Waals surface area contributed by atoms with Gasteiger partial charge in [0.15, 0.2) is 5.82 Å². The van der Waals surface area contributed by atoms with Crippen molar-refractivity contribution >= 4 is 16.7 Å². The molecule has 1 atom stereocenters. The standard InChI is InChI=1S/C24H26N8O/c25-15-24(13-23(14-24)1-2-23)20-7-19-17(9-26-20)10-29-32(19)22-8-21(27-16-28-22)31-4-3-30-5-6-33-12-18(30)11-31/h7-10,16,18H,1-6,11-14H2/t18-/m0/s1. The SMILES string of the molecule is N#CC1(c2cc3c(cn2)cnn3-c2cc(N3CCN4CCOC[C@@H]4C3)ncn2)CC2(CC2)C1. The van der Waals surface area contributed by atoms with E-state index in [1.54, 1.807) is 6.33 Å². The van der Waals surface area contributed by atoms with Crippen molar-refractivity contribution in [2.75, 3.05) is 44.3 Å². The molecule has 3 aromatic heterocycles. The zero-order valence-electron chi connectivity index (χ0n) is 18.5. The van der Waals surface area contributed by atoms with Gasteiger partial charge in [-0.25, -0.2) is 14.6 Å². The third-order valence-corrected chi connectivity index (χ3v) is 8.08. The first-order valence-electron chi connectivity index (χ1n) is 11.8. The van der Waals surface area contributed by atoms with Crippen molar-refractivity contribution < 1.29 is 4.74 Å². The lowest BCUT2D eigenvalue weighted by Gasteiger charge is -2.44. The zero-order valence-corrected chi connectivity index (χ0v) is 18.5. The molecule has 0 aromatic carbocycles. The summed E-state index contributed by atoms with van der Waals surface area (Å²) in [4.78, 5) is 18.6. The Morgan fingerprint density at radius 3 is 2.76 bits per heavy atom. The van der Waals surface area contributed by atoms with Gasteiger partial charge >= 0.3 is 0 Å². The Morgan fingerprint density at radius 2 is 1.91 bits per heavy atom. The van der Waals surface area contributed by atoms with E-state index in [0.29, 0.717) is 11.5 Å². The molecule has 2 aliphatic carbocycles. The molecule has 0 N–H and O–H groups in total. The topological polar surface area (TPSA) is 96.0 Å². The van der Waals surface area contributed by atoms with Gasteiger partial charge in [-0.15, -0.1) is 0 Å². The average Bonchev–Trinajstić information content (AvgIpc) is 3.53. The lowest BCUT2D eigenvalue weighted by Crippen LogP contribution is -2.58. The minimum Gasteiger partial charge on any atom is -0.378 e. The van der Waals surface area contributed by atoms with Crippen molar-refractivity contribution in [3.8, 4) is 11.9 Å². The van der Waals surface area contributed by atoms with E-state index in [1.165, 1.54) is 12.8 Å². The van der Waals surface area contributed by atoms with Gasteiger partial charge < -0.3 is 9.64 Å². The minimum atomic E-state index is -0.460. The summed E-state index contributed by atoms with van der Waals surface area (Å²) in [7, 11) is 0. The Hall–Kier alpha value is -3.09. The van der Waals surface area contributed by atoms with Crippen LogP contribution in [-0.4, -0.2) is 75.1 Å². The largest absolute Gasteiger partial charge is 0.378 e. The second-order valence-corrected chi connectivity index (χ2v) is 10.2. The first kappa shape index (κ1) is 19.4. The molecule has 4 fully saturated rings. The smallest absolute Gasteiger partial charge is 0.159 e. The van der Waals surface area contributed by atoms with Gasteiger partial charge in [-0.05, 0) is 37.2 Å². The number of rotatable bonds is 3. The molecular weight excluding hydrogens is 416 g/mol. The highest BCUT2D eigenvalue weighted by Crippen LogP contribution is 2.68. The molecule has 168 valence electrons. The Bertz CT molecular complexity index is 1270. The monoisotopic (exact) mass is 442 g/mol. The minimum absolute atomic E-state index is 0.407. The molecule has 5 heterocycles. The first-order chi connectivity index (χ1) is 16.2. The summed E-state index contributed by atoms with van der Waals surface area (Å²) in [6, 6.07) is 7.04. The second kappa shape index (κ2) is 6.95. The van der Waals surface area contributed by atoms with E-state index in [4.69, 9.17) is 4.74 Å². The third-order valence-electron chi connectivity index (χ3n) is 8.08. The lowest BCUT2D eigenvalue weighted by molar-refractivity contribution is -0.0117. The van der Waals surface area contributed by atoms with Crippen LogP contribution in [0, 0.1) is 16.7 Å². The van der Waals surface area contributed by atoms with E-state index in [0.717, 1.165) is 80.5 Å². The number of hydrogen-bond acceptors (Lipinski definition) is 8. The van der Waals surface area contributed by atoms with Crippen LogP contribution in [0.4, 0.5) is 5.82 Å². The molecule has 2 aliphatic heterocycles. The summed E-state index contributed by atoms with van der Waals surface area (Å²) in [5, 5.41) is 15.5. The summed E-state index contributed by atoms with van der Waals surface area (Å²) in [5.41, 5.74) is 1.75. The van der Waals surface area contributed by atoms with Crippen molar-refractivity contribution in [1.29, 1.82) is 5.26 Å². The van der Waals surface area contributed by atoms with Crippen molar-refractivity contribution in [3.63, 3.8) is 0 Å². The highest BCUT2D eigenvalue weighted by atomic mass is 16.5. The summed E-state index contributed by atoms with van der Waals surface area (Å²) in [6.45, 7) is 5.46. The van der Waals surface area contributed by atoms with Crippen molar-refractivity contribution in [3.05, 3.63) is 36.5 Å². The number of aromatic nitrogens is 5. The molecule has 9 heteroatoms. The van der Waals surface area contributed by atoms with Crippen LogP contribution < -0.4 is 4.90 Å². The van der Waals surface area contributed by atoms with Crippen molar-refractivity contribution in [2.24, 2.45) is 5.41 Å². The molecule has 0 unspecified atom stereocenters. The van der Waals surface area contributed by atoms with E-state index in [2.05, 4.69) is 35.9 Å². The number of hydrogen-bond donors (Lipinski definition) is 0. The maximum atomic E-state index is 9.97. The Labute approximate surface area is 192 Å². The van der Waals surface area contributed by atoms with Crippen LogP contribution in [-0.2, 0) is 10.2 Å². The highest BCUT2D eigenvalue weighted by Gasteiger charge is 2.62. The van der Waals surface area contributed by atoms with Gasteiger partial charge in [0.25, 0.3) is 0 Å². The molecule has 2 saturated carbocycles. The van der Waals surface area contributed by atoms with Crippen LogP contribution in [0.25, 0.3) is 16.7 Å². The second-order valence-electron chi connectivity index (χ2n) is 10.2. The molecule has 2 saturated heterocycles. The molecule has 0 bridgehead atoms. The van der Waals surface area contributed by atoms with Crippen LogP contribution in [0.15, 0.2) is 30.9 Å². The van der Waals surface area contributed by atoms with Crippen molar-refractivity contribution in [2.45, 2.75) is 37.1 Å². The van der Waals surface area contributed by atoms with Gasteiger partial charge in [-0.1, -0.05) is 0 Å². The number of fused-ring (bicyclic) bond motifs is 2. The van der Waals surface area contributed by atoms with Gasteiger partial charge in [-0.3, -0.25) is 9.88 Å². The number of ether oxygens (including phenoxy) is 1. The fourth-order valence-electron chi connectivity index (χ4n) is 6.02. The van der Waals surface area contributed by atoms with Gasteiger partial charge in [0.05, 0.1) is 42.7 Å². The van der Waals surface area contributed by atoms with Crippen molar-refractivity contribution in [1.82, 2.24) is 29.6 Å². The predicted molar refractivity (Wildman–Crippen MR) is 121 cm³/mol. The van der Waals surface area contributed by atoms with Gasteiger partial charge in [0.2, 0.25) is 0 Å². The van der Waals surface area contributed by atoms with Crippen LogP contribution in [0.2, 0.25) is 0 Å². The molecular formula is C24H26N8O. The van der Waals surface area contributed by atoms with Crippen LogP contribution >= 0.6 is 0 Å². The predicted octanol–water partition coefficient (Wildman–Crippen LogP) is 2.07. The number of morpholine rings is 1. The van der Waals surface area contributed by atoms with Gasteiger partial charge in [0, 0.05) is 43.8 Å². The Morgan fingerprint density at radius 1 is 1.03 bits per heavy atom.